The van der Waals surface area contributed by atoms with Crippen LogP contribution in [0.5, 0.6) is 0 Å². The summed E-state index contributed by atoms with van der Waals surface area (Å²) < 4.78 is 6.45. The van der Waals surface area contributed by atoms with E-state index in [1.807, 2.05) is 20.8 Å². The number of fused-ring (bicyclic) bond motifs is 1. The van der Waals surface area contributed by atoms with E-state index in [1.54, 1.807) is 25.2 Å². The Bertz CT molecular complexity index is 721. The topological polar surface area (TPSA) is 84.5 Å². The summed E-state index contributed by atoms with van der Waals surface area (Å²) in [5.74, 6) is -0.891. The van der Waals surface area contributed by atoms with Crippen molar-refractivity contribution in [2.45, 2.75) is 26.9 Å². The van der Waals surface area contributed by atoms with Crippen LogP contribution in [-0.2, 0) is 7.05 Å². The number of rotatable bonds is 3. The summed E-state index contributed by atoms with van der Waals surface area (Å²) in [6.45, 7) is 5.80. The fourth-order valence-electron chi connectivity index (χ4n) is 1.92. The van der Waals surface area contributed by atoms with E-state index < -0.39 is 11.9 Å². The number of aromatic nitrogens is 1. The SMILES string of the molecule is Cn1c(=O)oc2c(C(=O)NCC(O)C(C)(C)C)cccc21. The van der Waals surface area contributed by atoms with Crippen LogP contribution < -0.4 is 11.1 Å². The first kappa shape index (κ1) is 15.3. The number of benzene rings is 1. The standard InChI is InChI=1S/C15H20N2O4/c1-15(2,3)11(18)8-16-13(19)9-6-5-7-10-12(9)21-14(20)17(10)4/h5-7,11,18H,8H2,1-4H3,(H,16,19). The van der Waals surface area contributed by atoms with E-state index in [1.165, 1.54) is 4.57 Å². The van der Waals surface area contributed by atoms with Gasteiger partial charge in [0.1, 0.15) is 0 Å². The smallest absolute Gasteiger partial charge is 0.407 e. The number of aryl methyl sites for hydroxylation is 1. The zero-order valence-corrected chi connectivity index (χ0v) is 12.6. The van der Waals surface area contributed by atoms with Crippen LogP contribution in [0.15, 0.2) is 27.4 Å². The van der Waals surface area contributed by atoms with Crippen molar-refractivity contribution in [3.63, 3.8) is 0 Å². The summed E-state index contributed by atoms with van der Waals surface area (Å²) in [4.78, 5) is 23.8. The number of oxazole rings is 1. The summed E-state index contributed by atoms with van der Waals surface area (Å²) in [7, 11) is 1.58. The predicted molar refractivity (Wildman–Crippen MR) is 79.3 cm³/mol. The molecule has 1 heterocycles. The number of aliphatic hydroxyl groups is 1. The Balaban J connectivity index is 2.25. The van der Waals surface area contributed by atoms with Gasteiger partial charge in [0, 0.05) is 13.6 Å². The predicted octanol–water partition coefficient (Wildman–Crippen LogP) is 1.27. The number of amides is 1. The van der Waals surface area contributed by atoms with Crippen molar-refractivity contribution in [2.75, 3.05) is 6.54 Å². The largest absolute Gasteiger partial charge is 0.419 e. The minimum atomic E-state index is -0.663. The quantitative estimate of drug-likeness (QED) is 0.892. The lowest BCUT2D eigenvalue weighted by Gasteiger charge is -2.25. The van der Waals surface area contributed by atoms with Gasteiger partial charge in [-0.05, 0) is 17.5 Å². The second-order valence-corrected chi connectivity index (χ2v) is 6.17. The molecule has 1 aromatic carbocycles. The van der Waals surface area contributed by atoms with Gasteiger partial charge in [0.2, 0.25) is 0 Å². The zero-order valence-electron chi connectivity index (χ0n) is 12.6. The number of hydrogen-bond acceptors (Lipinski definition) is 4. The van der Waals surface area contributed by atoms with E-state index in [-0.39, 0.29) is 29.0 Å². The molecule has 0 radical (unpaired) electrons. The molecule has 0 saturated heterocycles. The second-order valence-electron chi connectivity index (χ2n) is 6.17. The van der Waals surface area contributed by atoms with Gasteiger partial charge in [-0.15, -0.1) is 0 Å². The van der Waals surface area contributed by atoms with Gasteiger partial charge in [-0.3, -0.25) is 9.36 Å². The Labute approximate surface area is 122 Å². The molecule has 0 bridgehead atoms. The zero-order chi connectivity index (χ0) is 15.8. The maximum absolute atomic E-state index is 12.2. The van der Waals surface area contributed by atoms with E-state index in [2.05, 4.69) is 5.32 Å². The Morgan fingerprint density at radius 2 is 2.10 bits per heavy atom. The molecule has 2 N–H and O–H groups in total. The Morgan fingerprint density at radius 3 is 2.71 bits per heavy atom. The monoisotopic (exact) mass is 292 g/mol. The third-order valence-corrected chi connectivity index (χ3v) is 3.52. The molecular formula is C15H20N2O4. The van der Waals surface area contributed by atoms with Gasteiger partial charge in [-0.1, -0.05) is 26.8 Å². The van der Waals surface area contributed by atoms with Crippen LogP contribution in [0.25, 0.3) is 11.1 Å². The lowest BCUT2D eigenvalue weighted by molar-refractivity contribution is 0.0587. The molecule has 114 valence electrons. The van der Waals surface area contributed by atoms with Crippen LogP contribution in [0.3, 0.4) is 0 Å². The summed E-state index contributed by atoms with van der Waals surface area (Å²) in [6, 6.07) is 4.98. The number of hydrogen-bond donors (Lipinski definition) is 2. The van der Waals surface area contributed by atoms with E-state index in [9.17, 15) is 14.7 Å². The molecule has 6 nitrogen and oxygen atoms in total. The van der Waals surface area contributed by atoms with Crippen molar-refractivity contribution in [2.24, 2.45) is 12.5 Å². The second kappa shape index (κ2) is 5.37. The molecule has 0 fully saturated rings. The van der Waals surface area contributed by atoms with Crippen LogP contribution >= 0.6 is 0 Å². The minimum Gasteiger partial charge on any atom is -0.407 e. The first-order valence-electron chi connectivity index (χ1n) is 6.76. The molecule has 1 unspecified atom stereocenters. The highest BCUT2D eigenvalue weighted by molar-refractivity contribution is 6.04. The highest BCUT2D eigenvalue weighted by Crippen LogP contribution is 2.19. The van der Waals surface area contributed by atoms with Crippen molar-refractivity contribution in [1.29, 1.82) is 0 Å². The molecule has 21 heavy (non-hydrogen) atoms. The van der Waals surface area contributed by atoms with Crippen LogP contribution in [-0.4, -0.2) is 28.2 Å². The van der Waals surface area contributed by atoms with Gasteiger partial charge in [-0.25, -0.2) is 4.79 Å². The number of nitrogens with one attached hydrogen (secondary N) is 1. The van der Waals surface area contributed by atoms with Crippen molar-refractivity contribution in [3.05, 3.63) is 34.3 Å². The fraction of sp³-hybridized carbons (Fsp3) is 0.467. The summed E-state index contributed by atoms with van der Waals surface area (Å²) in [6.07, 6.45) is -0.663. The molecule has 0 saturated carbocycles. The molecule has 2 rings (SSSR count). The Kier molecular flexibility index (Phi) is 3.91. The summed E-state index contributed by atoms with van der Waals surface area (Å²) in [5, 5.41) is 12.6. The van der Waals surface area contributed by atoms with E-state index in [0.717, 1.165) is 0 Å². The summed E-state index contributed by atoms with van der Waals surface area (Å²) in [5.41, 5.74) is 0.779. The van der Waals surface area contributed by atoms with Gasteiger partial charge < -0.3 is 14.8 Å². The molecule has 0 aliphatic rings. The van der Waals surface area contributed by atoms with Crippen LogP contribution in [0, 0.1) is 5.41 Å². The maximum atomic E-state index is 12.2. The Hall–Kier alpha value is -2.08. The van der Waals surface area contributed by atoms with Crippen molar-refractivity contribution in [1.82, 2.24) is 9.88 Å². The van der Waals surface area contributed by atoms with Crippen molar-refractivity contribution in [3.8, 4) is 0 Å². The van der Waals surface area contributed by atoms with Crippen LogP contribution in [0.4, 0.5) is 0 Å². The average Bonchev–Trinajstić information content (AvgIpc) is 2.70. The van der Waals surface area contributed by atoms with Gasteiger partial charge in [0.15, 0.2) is 5.58 Å². The van der Waals surface area contributed by atoms with Gasteiger partial charge in [0.05, 0.1) is 17.2 Å². The van der Waals surface area contributed by atoms with E-state index in [4.69, 9.17) is 4.42 Å². The third-order valence-electron chi connectivity index (χ3n) is 3.52. The molecule has 1 amide bonds. The molecule has 0 aliphatic carbocycles. The van der Waals surface area contributed by atoms with E-state index in [0.29, 0.717) is 5.52 Å². The van der Waals surface area contributed by atoms with Gasteiger partial charge >= 0.3 is 5.76 Å². The maximum Gasteiger partial charge on any atom is 0.419 e. The van der Waals surface area contributed by atoms with E-state index >= 15 is 0 Å². The van der Waals surface area contributed by atoms with Crippen molar-refractivity contribution >= 4 is 17.0 Å². The third kappa shape index (κ3) is 3.00. The average molecular weight is 292 g/mol. The first-order valence-corrected chi connectivity index (χ1v) is 6.76. The molecule has 1 atom stereocenters. The molecule has 2 aromatic rings. The lowest BCUT2D eigenvalue weighted by atomic mass is 9.89. The van der Waals surface area contributed by atoms with Crippen LogP contribution in [0.2, 0.25) is 0 Å². The Morgan fingerprint density at radius 1 is 1.43 bits per heavy atom. The number of carbonyl (C=O) groups excluding carboxylic acids is 1. The van der Waals surface area contributed by atoms with Crippen molar-refractivity contribution < 1.29 is 14.3 Å². The molecule has 1 aromatic heterocycles. The fourth-order valence-corrected chi connectivity index (χ4v) is 1.92. The number of para-hydroxylation sites is 1. The van der Waals surface area contributed by atoms with Crippen LogP contribution in [0.1, 0.15) is 31.1 Å². The molecule has 0 spiro atoms. The van der Waals surface area contributed by atoms with Gasteiger partial charge in [0.25, 0.3) is 5.91 Å². The number of nitrogens with zero attached hydrogens (tertiary/aromatic N) is 1. The minimum absolute atomic E-state index is 0.135. The lowest BCUT2D eigenvalue weighted by Crippen LogP contribution is -2.39. The molecule has 6 heteroatoms. The summed E-state index contributed by atoms with van der Waals surface area (Å²) >= 11 is 0. The highest BCUT2D eigenvalue weighted by atomic mass is 16.4. The normalized spacial score (nSPS) is 13.4. The van der Waals surface area contributed by atoms with Gasteiger partial charge in [-0.2, -0.15) is 0 Å². The highest BCUT2D eigenvalue weighted by Gasteiger charge is 2.23. The number of aliphatic hydroxyl groups excluding tert-OH is 1. The molecule has 0 aliphatic heterocycles. The first-order chi connectivity index (χ1) is 9.71. The molecular weight excluding hydrogens is 272 g/mol. The number of carbonyl (C=O) groups is 1.